The average Bonchev–Trinajstić information content (AvgIpc) is 2.71. The van der Waals surface area contributed by atoms with Crippen LogP contribution in [0.5, 0.6) is 0 Å². The summed E-state index contributed by atoms with van der Waals surface area (Å²) in [7, 11) is 1.77. The van der Waals surface area contributed by atoms with Crippen molar-refractivity contribution in [1.29, 1.82) is 0 Å². The Morgan fingerprint density at radius 2 is 1.71 bits per heavy atom. The van der Waals surface area contributed by atoms with Gasteiger partial charge in [0.2, 0.25) is 23.0 Å². The fourth-order valence-electron chi connectivity index (χ4n) is 2.79. The van der Waals surface area contributed by atoms with E-state index in [1.165, 1.54) is 0 Å². The van der Waals surface area contributed by atoms with Crippen molar-refractivity contribution in [3.8, 4) is 0 Å². The Hall–Kier alpha value is -1.98. The van der Waals surface area contributed by atoms with Crippen molar-refractivity contribution in [1.82, 2.24) is 4.57 Å². The number of rotatable bonds is 2. The Labute approximate surface area is 128 Å². The van der Waals surface area contributed by atoms with Crippen LogP contribution in [0.15, 0.2) is 24.3 Å². The van der Waals surface area contributed by atoms with Crippen molar-refractivity contribution in [2.45, 2.75) is 13.5 Å². The molecule has 1 N–H and O–H groups in total. The van der Waals surface area contributed by atoms with Crippen LogP contribution in [0.1, 0.15) is 37.9 Å². The number of carbonyl (C=O) groups is 2. The second-order valence-electron chi connectivity index (χ2n) is 4.88. The van der Waals surface area contributed by atoms with Gasteiger partial charge in [0.1, 0.15) is 6.54 Å². The average molecular weight is 307 g/mol. The monoisotopic (exact) mass is 306 g/mol. The summed E-state index contributed by atoms with van der Waals surface area (Å²) in [5.41, 5.74) is 1.66. The molecule has 0 atom stereocenters. The lowest BCUT2D eigenvalue weighted by Gasteiger charge is -2.12. The standard InChI is InChI=1S/C15H15N2O3.ClH/c1-9-16(2)12-13(17(9)7-8-18)15(20)11-6-4-3-5-10(11)14(12)19;/h3-6,18H,7-8H2,1-2H3;1H/q+1;/p-1. The number of aromatic nitrogens is 2. The van der Waals surface area contributed by atoms with Gasteiger partial charge < -0.3 is 17.5 Å². The van der Waals surface area contributed by atoms with E-state index in [1.807, 2.05) is 6.92 Å². The normalized spacial score (nSPS) is 12.7. The molecular formula is C15H15ClN2O3. The largest absolute Gasteiger partial charge is 1.00 e. The van der Waals surface area contributed by atoms with Crippen molar-refractivity contribution < 1.29 is 31.7 Å². The van der Waals surface area contributed by atoms with E-state index in [4.69, 9.17) is 0 Å². The lowest BCUT2D eigenvalue weighted by atomic mass is 9.90. The van der Waals surface area contributed by atoms with E-state index in [0.717, 1.165) is 5.82 Å². The molecule has 2 aromatic rings. The molecule has 0 amide bonds. The van der Waals surface area contributed by atoms with E-state index in [9.17, 15) is 14.7 Å². The molecule has 21 heavy (non-hydrogen) atoms. The second-order valence-corrected chi connectivity index (χ2v) is 4.88. The van der Waals surface area contributed by atoms with Crippen LogP contribution in [0.4, 0.5) is 0 Å². The van der Waals surface area contributed by atoms with Gasteiger partial charge in [0.15, 0.2) is 0 Å². The zero-order valence-electron chi connectivity index (χ0n) is 11.8. The van der Waals surface area contributed by atoms with Crippen LogP contribution in [0.3, 0.4) is 0 Å². The van der Waals surface area contributed by atoms with E-state index in [1.54, 1.807) is 40.4 Å². The summed E-state index contributed by atoms with van der Waals surface area (Å²) in [6.45, 7) is 2.06. The third-order valence-corrected chi connectivity index (χ3v) is 3.88. The van der Waals surface area contributed by atoms with Crippen LogP contribution in [-0.4, -0.2) is 27.8 Å². The highest BCUT2D eigenvalue weighted by atomic mass is 35.5. The van der Waals surface area contributed by atoms with E-state index in [2.05, 4.69) is 0 Å². The number of nitrogens with zero attached hydrogens (tertiary/aromatic N) is 2. The number of hydrogen-bond donors (Lipinski definition) is 1. The fourth-order valence-corrected chi connectivity index (χ4v) is 2.79. The Bertz CT molecular complexity index is 750. The van der Waals surface area contributed by atoms with Crippen LogP contribution >= 0.6 is 0 Å². The van der Waals surface area contributed by atoms with E-state index in [0.29, 0.717) is 29.1 Å². The summed E-state index contributed by atoms with van der Waals surface area (Å²) in [5.74, 6) is 0.475. The van der Waals surface area contributed by atoms with Crippen LogP contribution in [0.2, 0.25) is 0 Å². The van der Waals surface area contributed by atoms with Crippen LogP contribution in [0.25, 0.3) is 0 Å². The van der Waals surface area contributed by atoms with Gasteiger partial charge in [0, 0.05) is 18.1 Å². The maximum Gasteiger partial charge on any atom is 0.254 e. The number of aliphatic hydroxyl groups excluding tert-OH is 1. The molecule has 0 fully saturated rings. The number of hydrogen-bond acceptors (Lipinski definition) is 3. The summed E-state index contributed by atoms with van der Waals surface area (Å²) in [4.78, 5) is 25.2. The molecule has 1 heterocycles. The number of ketones is 2. The van der Waals surface area contributed by atoms with Crippen molar-refractivity contribution in [2.24, 2.45) is 7.05 Å². The second kappa shape index (κ2) is 5.42. The summed E-state index contributed by atoms with van der Waals surface area (Å²) in [5, 5.41) is 9.18. The first-order chi connectivity index (χ1) is 9.57. The maximum atomic E-state index is 12.6. The SMILES string of the molecule is Cc1n(CCO)c2c([n+]1C)C(=O)c1ccccc1C2=O.[Cl-]. The first-order valence-corrected chi connectivity index (χ1v) is 6.46. The predicted molar refractivity (Wildman–Crippen MR) is 70.7 cm³/mol. The van der Waals surface area contributed by atoms with Crippen LogP contribution in [0, 0.1) is 6.92 Å². The third-order valence-electron chi connectivity index (χ3n) is 3.88. The highest BCUT2D eigenvalue weighted by Gasteiger charge is 2.41. The topological polar surface area (TPSA) is 63.2 Å². The van der Waals surface area contributed by atoms with Crippen molar-refractivity contribution in [3.63, 3.8) is 0 Å². The smallest absolute Gasteiger partial charge is 0.254 e. The van der Waals surface area contributed by atoms with E-state index >= 15 is 0 Å². The summed E-state index contributed by atoms with van der Waals surface area (Å²) < 4.78 is 3.44. The van der Waals surface area contributed by atoms with E-state index in [-0.39, 0.29) is 30.6 Å². The molecule has 3 rings (SSSR count). The minimum atomic E-state index is -0.160. The maximum absolute atomic E-state index is 12.6. The quantitative estimate of drug-likeness (QED) is 0.528. The number of fused-ring (bicyclic) bond motifs is 2. The lowest BCUT2D eigenvalue weighted by molar-refractivity contribution is -0.679. The highest BCUT2D eigenvalue weighted by Crippen LogP contribution is 2.26. The number of imidazole rings is 1. The molecule has 1 aromatic carbocycles. The molecular weight excluding hydrogens is 292 g/mol. The number of carbonyl (C=O) groups excluding carboxylic acids is 2. The van der Waals surface area contributed by atoms with Gasteiger partial charge in [0.05, 0.1) is 13.7 Å². The first kappa shape index (κ1) is 15.4. The molecule has 1 aliphatic carbocycles. The molecule has 0 saturated heterocycles. The van der Waals surface area contributed by atoms with Gasteiger partial charge in [-0.2, -0.15) is 0 Å². The zero-order chi connectivity index (χ0) is 14.4. The lowest BCUT2D eigenvalue weighted by Crippen LogP contribution is -3.00. The third kappa shape index (κ3) is 2.01. The Morgan fingerprint density at radius 3 is 2.29 bits per heavy atom. The Kier molecular flexibility index (Phi) is 3.98. The first-order valence-electron chi connectivity index (χ1n) is 6.46. The van der Waals surface area contributed by atoms with Crippen molar-refractivity contribution >= 4 is 11.6 Å². The molecule has 0 saturated carbocycles. The highest BCUT2D eigenvalue weighted by molar-refractivity contribution is 6.26. The number of benzene rings is 1. The van der Waals surface area contributed by atoms with Crippen molar-refractivity contribution in [2.75, 3.05) is 6.61 Å². The number of halogens is 1. The molecule has 6 heteroatoms. The molecule has 0 radical (unpaired) electrons. The van der Waals surface area contributed by atoms with Gasteiger partial charge in [-0.25, -0.2) is 9.13 Å². The van der Waals surface area contributed by atoms with Gasteiger partial charge in [-0.15, -0.1) is 0 Å². The molecule has 0 spiro atoms. The molecule has 110 valence electrons. The van der Waals surface area contributed by atoms with Crippen LogP contribution in [-0.2, 0) is 13.6 Å². The summed E-state index contributed by atoms with van der Waals surface area (Å²) in [6, 6.07) is 6.86. The van der Waals surface area contributed by atoms with Gasteiger partial charge in [0.25, 0.3) is 5.82 Å². The van der Waals surface area contributed by atoms with Gasteiger partial charge in [-0.05, 0) is 0 Å². The molecule has 0 bridgehead atoms. The van der Waals surface area contributed by atoms with Gasteiger partial charge >= 0.3 is 0 Å². The molecule has 0 aliphatic heterocycles. The Balaban J connectivity index is 0.00000161. The zero-order valence-corrected chi connectivity index (χ0v) is 12.5. The van der Waals surface area contributed by atoms with Crippen molar-refractivity contribution in [3.05, 3.63) is 52.6 Å². The molecule has 1 aliphatic rings. The van der Waals surface area contributed by atoms with Gasteiger partial charge in [-0.1, -0.05) is 24.3 Å². The Morgan fingerprint density at radius 1 is 1.14 bits per heavy atom. The molecule has 0 unspecified atom stereocenters. The van der Waals surface area contributed by atoms with E-state index < -0.39 is 0 Å². The fraction of sp³-hybridized carbons (Fsp3) is 0.267. The summed E-state index contributed by atoms with van der Waals surface area (Å²) in [6.07, 6.45) is 0. The molecule has 1 aromatic heterocycles. The summed E-state index contributed by atoms with van der Waals surface area (Å²) >= 11 is 0. The van der Waals surface area contributed by atoms with Crippen LogP contribution < -0.4 is 17.0 Å². The molecule has 5 nitrogen and oxygen atoms in total. The predicted octanol–water partition coefficient (Wildman–Crippen LogP) is -2.61. The van der Waals surface area contributed by atoms with Gasteiger partial charge in [-0.3, -0.25) is 9.59 Å². The minimum Gasteiger partial charge on any atom is -1.00 e. The minimum absolute atomic E-state index is 0. The number of aliphatic hydroxyl groups is 1.